The zero-order valence-electron chi connectivity index (χ0n) is 16.5. The van der Waals surface area contributed by atoms with Gasteiger partial charge in [-0.3, -0.25) is 0 Å². The van der Waals surface area contributed by atoms with Gasteiger partial charge in [0.05, 0.1) is 13.7 Å². The maximum atomic E-state index is 12.8. The lowest BCUT2D eigenvalue weighted by molar-refractivity contribution is -0.150. The van der Waals surface area contributed by atoms with E-state index in [1.807, 2.05) is 48.5 Å². The molecule has 0 spiro atoms. The molecule has 30 heavy (non-hydrogen) atoms. The number of methoxy groups -OCH3 is 1. The average Bonchev–Trinajstić information content (AvgIpc) is 2.81. The molecule has 0 fully saturated rings. The van der Waals surface area contributed by atoms with E-state index < -0.39 is 24.2 Å². The highest BCUT2D eigenvalue weighted by molar-refractivity contribution is 5.85. The molecule has 1 aliphatic rings. The Hall–Kier alpha value is -3.81. The molecule has 0 aliphatic carbocycles. The third-order valence-corrected chi connectivity index (χ3v) is 4.37. The second-order valence-corrected chi connectivity index (χ2v) is 6.40. The Labute approximate surface area is 174 Å². The number of hydrogen-bond donors (Lipinski definition) is 0. The highest BCUT2D eigenvalue weighted by Gasteiger charge is 2.40. The summed E-state index contributed by atoms with van der Waals surface area (Å²) in [5.74, 6) is -0.705. The van der Waals surface area contributed by atoms with Crippen LogP contribution < -0.4 is 0 Å². The highest BCUT2D eigenvalue weighted by atomic mass is 16.6. The Morgan fingerprint density at radius 2 is 1.40 bits per heavy atom. The molecule has 1 aliphatic heterocycles. The zero-order valence-corrected chi connectivity index (χ0v) is 16.5. The monoisotopic (exact) mass is 410 g/mol. The average molecular weight is 410 g/mol. The van der Waals surface area contributed by atoms with Gasteiger partial charge in [-0.05, 0) is 11.1 Å². The molecule has 2 amide bonds. The summed E-state index contributed by atoms with van der Waals surface area (Å²) < 4.78 is 15.4. The highest BCUT2D eigenvalue weighted by Crippen LogP contribution is 2.18. The topological polar surface area (TPSA) is 85.4 Å². The normalized spacial score (nSPS) is 15.4. The van der Waals surface area contributed by atoms with E-state index in [2.05, 4.69) is 0 Å². The molecule has 0 saturated heterocycles. The first-order valence-corrected chi connectivity index (χ1v) is 9.32. The lowest BCUT2D eigenvalue weighted by atomic mass is 10.2. The van der Waals surface area contributed by atoms with Crippen LogP contribution >= 0.6 is 0 Å². The van der Waals surface area contributed by atoms with Crippen molar-refractivity contribution < 1.29 is 28.6 Å². The second-order valence-electron chi connectivity index (χ2n) is 6.40. The third kappa shape index (κ3) is 5.16. The lowest BCUT2D eigenvalue weighted by Gasteiger charge is -2.38. The molecule has 0 radical (unpaired) electrons. The number of carbonyl (C=O) groups excluding carboxylic acids is 3. The Morgan fingerprint density at radius 3 is 1.93 bits per heavy atom. The summed E-state index contributed by atoms with van der Waals surface area (Å²) in [5.41, 5.74) is 1.56. The minimum atomic E-state index is -1.14. The smallest absolute Gasteiger partial charge is 0.430 e. The number of carbonyl (C=O) groups is 3. The van der Waals surface area contributed by atoms with Crippen LogP contribution in [-0.2, 0) is 32.2 Å². The fraction of sp³-hybridized carbons (Fsp3) is 0.227. The van der Waals surface area contributed by atoms with Gasteiger partial charge in [0, 0.05) is 0 Å². The fourth-order valence-electron chi connectivity index (χ4n) is 2.86. The van der Waals surface area contributed by atoms with Crippen molar-refractivity contribution >= 4 is 18.2 Å². The largest absolute Gasteiger partial charge is 0.467 e. The van der Waals surface area contributed by atoms with Crippen molar-refractivity contribution in [3.05, 3.63) is 83.9 Å². The van der Waals surface area contributed by atoms with Crippen molar-refractivity contribution in [2.75, 3.05) is 13.7 Å². The van der Waals surface area contributed by atoms with Crippen LogP contribution in [-0.4, -0.2) is 47.9 Å². The van der Waals surface area contributed by atoms with Gasteiger partial charge in [0.2, 0.25) is 0 Å². The van der Waals surface area contributed by atoms with Crippen molar-refractivity contribution in [1.82, 2.24) is 10.0 Å². The summed E-state index contributed by atoms with van der Waals surface area (Å²) in [6.45, 7) is 0.0535. The molecule has 0 unspecified atom stereocenters. The third-order valence-electron chi connectivity index (χ3n) is 4.37. The van der Waals surface area contributed by atoms with E-state index in [4.69, 9.17) is 14.2 Å². The molecule has 3 rings (SSSR count). The fourth-order valence-corrected chi connectivity index (χ4v) is 2.86. The van der Waals surface area contributed by atoms with Crippen molar-refractivity contribution in [2.45, 2.75) is 19.3 Å². The SMILES string of the molecule is COC(=O)[C@@H]1C=CCN(C(=O)OCc2ccccc2)N1C(=O)OCc1ccccc1. The molecule has 1 heterocycles. The van der Waals surface area contributed by atoms with Gasteiger partial charge in [0.15, 0.2) is 6.04 Å². The van der Waals surface area contributed by atoms with E-state index in [0.717, 1.165) is 21.1 Å². The zero-order chi connectivity index (χ0) is 21.3. The van der Waals surface area contributed by atoms with E-state index in [9.17, 15) is 14.4 Å². The predicted octanol–water partition coefficient (Wildman–Crippen LogP) is 3.29. The minimum Gasteiger partial charge on any atom is -0.467 e. The Kier molecular flexibility index (Phi) is 7.05. The first-order chi connectivity index (χ1) is 14.6. The van der Waals surface area contributed by atoms with Crippen LogP contribution in [0.2, 0.25) is 0 Å². The Bertz CT molecular complexity index is 900. The summed E-state index contributed by atoms with van der Waals surface area (Å²) in [6.07, 6.45) is 1.42. The number of nitrogens with zero attached hydrogens (tertiary/aromatic N) is 2. The van der Waals surface area contributed by atoms with Crippen molar-refractivity contribution in [3.8, 4) is 0 Å². The number of benzene rings is 2. The molecule has 0 N–H and O–H groups in total. The van der Waals surface area contributed by atoms with Gasteiger partial charge in [-0.25, -0.2) is 19.4 Å². The summed E-state index contributed by atoms with van der Waals surface area (Å²) in [6, 6.07) is 17.1. The van der Waals surface area contributed by atoms with Crippen LogP contribution in [0.4, 0.5) is 9.59 Å². The molecule has 156 valence electrons. The van der Waals surface area contributed by atoms with Gasteiger partial charge in [0.25, 0.3) is 0 Å². The number of ether oxygens (including phenoxy) is 3. The molecule has 2 aromatic rings. The van der Waals surface area contributed by atoms with Crippen LogP contribution in [0.25, 0.3) is 0 Å². The second kappa shape index (κ2) is 10.1. The number of rotatable bonds is 5. The van der Waals surface area contributed by atoms with Crippen molar-refractivity contribution in [1.29, 1.82) is 0 Å². The molecule has 8 heteroatoms. The molecule has 1 atom stereocenters. The first-order valence-electron chi connectivity index (χ1n) is 9.32. The molecular weight excluding hydrogens is 388 g/mol. The number of hydrazine groups is 1. The van der Waals surface area contributed by atoms with E-state index in [1.165, 1.54) is 13.2 Å². The molecule has 2 aromatic carbocycles. The summed E-state index contributed by atoms with van der Waals surface area (Å²) >= 11 is 0. The van der Waals surface area contributed by atoms with Gasteiger partial charge in [0.1, 0.15) is 13.2 Å². The quantitative estimate of drug-likeness (QED) is 0.427. The van der Waals surface area contributed by atoms with Gasteiger partial charge < -0.3 is 14.2 Å². The van der Waals surface area contributed by atoms with E-state index in [-0.39, 0.29) is 19.8 Å². The number of amides is 2. The van der Waals surface area contributed by atoms with Crippen LogP contribution in [0.15, 0.2) is 72.8 Å². The molecule has 0 aromatic heterocycles. The maximum Gasteiger partial charge on any atom is 0.430 e. The van der Waals surface area contributed by atoms with Gasteiger partial charge >= 0.3 is 18.2 Å². The van der Waals surface area contributed by atoms with E-state index in [1.54, 1.807) is 18.2 Å². The van der Waals surface area contributed by atoms with Gasteiger partial charge in [-0.1, -0.05) is 72.8 Å². The van der Waals surface area contributed by atoms with Crippen LogP contribution in [0, 0.1) is 0 Å². The van der Waals surface area contributed by atoms with Gasteiger partial charge in [-0.2, -0.15) is 5.01 Å². The number of hydrogen-bond acceptors (Lipinski definition) is 6. The maximum absolute atomic E-state index is 12.8. The van der Waals surface area contributed by atoms with Crippen molar-refractivity contribution in [3.63, 3.8) is 0 Å². The molecule has 0 bridgehead atoms. The Morgan fingerprint density at radius 1 is 0.867 bits per heavy atom. The molecule has 0 saturated carbocycles. The Balaban J connectivity index is 1.73. The standard InChI is InChI=1S/C22H22N2O6/c1-28-20(25)19-13-8-14-23(21(26)29-15-17-9-4-2-5-10-17)24(19)22(27)30-16-18-11-6-3-7-12-18/h2-13,19H,14-16H2,1H3/t19-/m0/s1. The number of esters is 1. The van der Waals surface area contributed by atoms with Crippen LogP contribution in [0.3, 0.4) is 0 Å². The minimum absolute atomic E-state index is 0.0132. The van der Waals surface area contributed by atoms with E-state index >= 15 is 0 Å². The first kappa shape index (κ1) is 20.9. The summed E-state index contributed by atoms with van der Waals surface area (Å²) in [5, 5.41) is 1.94. The predicted molar refractivity (Wildman–Crippen MR) is 107 cm³/mol. The van der Waals surface area contributed by atoms with Crippen LogP contribution in [0.1, 0.15) is 11.1 Å². The van der Waals surface area contributed by atoms with Crippen molar-refractivity contribution in [2.24, 2.45) is 0 Å². The summed E-state index contributed by atoms with van der Waals surface area (Å²) in [7, 11) is 1.20. The molecule has 8 nitrogen and oxygen atoms in total. The lowest BCUT2D eigenvalue weighted by Crippen LogP contribution is -2.58. The summed E-state index contributed by atoms with van der Waals surface area (Å²) in [4.78, 5) is 37.7. The molecular formula is C22H22N2O6. The van der Waals surface area contributed by atoms with Gasteiger partial charge in [-0.15, -0.1) is 0 Å². The van der Waals surface area contributed by atoms with E-state index in [0.29, 0.717) is 0 Å². The van der Waals surface area contributed by atoms with Crippen LogP contribution in [0.5, 0.6) is 0 Å².